The summed E-state index contributed by atoms with van der Waals surface area (Å²) in [6.07, 6.45) is 6.12. The third kappa shape index (κ3) is 3.04. The van der Waals surface area contributed by atoms with Crippen LogP contribution < -0.4 is 4.74 Å². The minimum atomic E-state index is -0.0199. The molecule has 2 rings (SSSR count). The average molecular weight is 233 g/mol. The Bertz CT molecular complexity index is 482. The molecule has 5 heteroatoms. The first-order chi connectivity index (χ1) is 8.31. The number of aliphatic hydroxyl groups excluding tert-OH is 1. The minimum Gasteiger partial charge on any atom is -0.436 e. The number of aliphatic hydroxyl groups is 1. The predicted octanol–water partition coefficient (Wildman–Crippen LogP) is 1.97. The fourth-order valence-electron chi connectivity index (χ4n) is 1.47. The topological polar surface area (TPSA) is 60.2 Å². The van der Waals surface area contributed by atoms with E-state index in [0.29, 0.717) is 11.6 Å². The molecular formula is C12H15N3O2. The highest BCUT2D eigenvalue weighted by Gasteiger charge is 2.02. The van der Waals surface area contributed by atoms with Crippen LogP contribution in [0.25, 0.3) is 0 Å². The van der Waals surface area contributed by atoms with Crippen LogP contribution in [0.2, 0.25) is 0 Å². The standard InChI is InChI=1S/C12H15N3O2/c1-2-5-15-8-11(7-14-15)17-12-6-10(9-16)3-4-13-12/h3-4,6-8,16H,2,5,9H2,1H3. The number of hydrogen-bond donors (Lipinski definition) is 1. The lowest BCUT2D eigenvalue weighted by molar-refractivity contribution is 0.281. The quantitative estimate of drug-likeness (QED) is 0.857. The first kappa shape index (κ1) is 11.6. The summed E-state index contributed by atoms with van der Waals surface area (Å²) >= 11 is 0. The van der Waals surface area contributed by atoms with Crippen LogP contribution in [-0.4, -0.2) is 19.9 Å². The molecule has 0 unspecified atom stereocenters. The molecule has 0 saturated heterocycles. The molecule has 2 aromatic heterocycles. The van der Waals surface area contributed by atoms with Gasteiger partial charge >= 0.3 is 0 Å². The maximum Gasteiger partial charge on any atom is 0.219 e. The molecule has 90 valence electrons. The Morgan fingerprint density at radius 2 is 2.35 bits per heavy atom. The van der Waals surface area contributed by atoms with Crippen LogP contribution in [0.3, 0.4) is 0 Å². The van der Waals surface area contributed by atoms with Gasteiger partial charge in [0.25, 0.3) is 0 Å². The van der Waals surface area contributed by atoms with Crippen LogP contribution in [0.4, 0.5) is 0 Å². The lowest BCUT2D eigenvalue weighted by Gasteiger charge is -2.02. The Kier molecular flexibility index (Phi) is 3.72. The highest BCUT2D eigenvalue weighted by Crippen LogP contribution is 2.19. The molecule has 2 aromatic rings. The zero-order valence-electron chi connectivity index (χ0n) is 9.71. The van der Waals surface area contributed by atoms with Gasteiger partial charge in [-0.1, -0.05) is 6.92 Å². The number of ether oxygens (including phenoxy) is 1. The van der Waals surface area contributed by atoms with Crippen LogP contribution in [0.15, 0.2) is 30.7 Å². The van der Waals surface area contributed by atoms with E-state index in [1.54, 1.807) is 24.5 Å². The van der Waals surface area contributed by atoms with Gasteiger partial charge in [0.1, 0.15) is 0 Å². The van der Waals surface area contributed by atoms with Crippen LogP contribution in [0.1, 0.15) is 18.9 Å². The second kappa shape index (κ2) is 5.45. The van der Waals surface area contributed by atoms with E-state index in [-0.39, 0.29) is 6.61 Å². The summed E-state index contributed by atoms with van der Waals surface area (Å²) in [5.74, 6) is 1.12. The Morgan fingerprint density at radius 1 is 1.47 bits per heavy atom. The van der Waals surface area contributed by atoms with Gasteiger partial charge in [0.05, 0.1) is 19.0 Å². The molecule has 0 aromatic carbocycles. The van der Waals surface area contributed by atoms with Gasteiger partial charge in [-0.05, 0) is 18.1 Å². The Hall–Kier alpha value is -1.88. The highest BCUT2D eigenvalue weighted by atomic mass is 16.5. The van der Waals surface area contributed by atoms with E-state index >= 15 is 0 Å². The number of nitrogens with zero attached hydrogens (tertiary/aromatic N) is 3. The monoisotopic (exact) mass is 233 g/mol. The molecule has 0 aliphatic rings. The maximum atomic E-state index is 9.00. The van der Waals surface area contributed by atoms with Crippen LogP contribution in [-0.2, 0) is 13.2 Å². The summed E-state index contributed by atoms with van der Waals surface area (Å²) < 4.78 is 7.37. The van der Waals surface area contributed by atoms with Gasteiger partial charge in [-0.25, -0.2) is 4.98 Å². The molecule has 0 radical (unpaired) electrons. The second-order valence-corrected chi connectivity index (χ2v) is 3.70. The number of hydrogen-bond acceptors (Lipinski definition) is 4. The molecule has 0 bridgehead atoms. The molecule has 0 aliphatic carbocycles. The molecular weight excluding hydrogens is 218 g/mol. The summed E-state index contributed by atoms with van der Waals surface area (Å²) in [5.41, 5.74) is 0.774. The van der Waals surface area contributed by atoms with Crippen molar-refractivity contribution in [2.45, 2.75) is 26.5 Å². The van der Waals surface area contributed by atoms with E-state index in [1.165, 1.54) is 0 Å². The van der Waals surface area contributed by atoms with Gasteiger partial charge < -0.3 is 9.84 Å². The van der Waals surface area contributed by atoms with Crippen molar-refractivity contribution in [3.05, 3.63) is 36.3 Å². The largest absolute Gasteiger partial charge is 0.436 e. The van der Waals surface area contributed by atoms with Crippen molar-refractivity contribution < 1.29 is 9.84 Å². The molecule has 0 spiro atoms. The number of rotatable bonds is 5. The van der Waals surface area contributed by atoms with E-state index in [9.17, 15) is 0 Å². The van der Waals surface area contributed by atoms with E-state index in [1.807, 2.05) is 10.9 Å². The summed E-state index contributed by atoms with van der Waals surface area (Å²) in [7, 11) is 0. The first-order valence-electron chi connectivity index (χ1n) is 5.58. The molecule has 0 atom stereocenters. The zero-order valence-corrected chi connectivity index (χ0v) is 9.71. The van der Waals surface area contributed by atoms with Gasteiger partial charge in [-0.15, -0.1) is 0 Å². The van der Waals surface area contributed by atoms with Gasteiger partial charge in [0.2, 0.25) is 5.88 Å². The lowest BCUT2D eigenvalue weighted by Crippen LogP contribution is -1.95. The van der Waals surface area contributed by atoms with Crippen molar-refractivity contribution in [2.24, 2.45) is 0 Å². The van der Waals surface area contributed by atoms with Crippen molar-refractivity contribution in [3.63, 3.8) is 0 Å². The Labute approximate surface area is 99.7 Å². The SMILES string of the molecule is CCCn1cc(Oc2cc(CO)ccn2)cn1. The van der Waals surface area contributed by atoms with Crippen LogP contribution in [0.5, 0.6) is 11.6 Å². The van der Waals surface area contributed by atoms with E-state index < -0.39 is 0 Å². The third-order valence-electron chi connectivity index (χ3n) is 2.27. The van der Waals surface area contributed by atoms with E-state index in [0.717, 1.165) is 18.5 Å². The van der Waals surface area contributed by atoms with E-state index in [4.69, 9.17) is 9.84 Å². The molecule has 0 fully saturated rings. The van der Waals surface area contributed by atoms with Crippen LogP contribution >= 0.6 is 0 Å². The molecule has 1 N–H and O–H groups in total. The third-order valence-corrected chi connectivity index (χ3v) is 2.27. The number of aryl methyl sites for hydroxylation is 1. The maximum absolute atomic E-state index is 9.00. The summed E-state index contributed by atoms with van der Waals surface area (Å²) in [4.78, 5) is 4.07. The normalized spacial score (nSPS) is 10.5. The molecule has 0 aliphatic heterocycles. The van der Waals surface area contributed by atoms with Crippen molar-refractivity contribution in [3.8, 4) is 11.6 Å². The van der Waals surface area contributed by atoms with Gasteiger partial charge in [-0.2, -0.15) is 5.10 Å². The average Bonchev–Trinajstić information content (AvgIpc) is 2.77. The molecule has 0 amide bonds. The van der Waals surface area contributed by atoms with Crippen molar-refractivity contribution >= 4 is 0 Å². The van der Waals surface area contributed by atoms with Crippen molar-refractivity contribution in [1.29, 1.82) is 0 Å². The zero-order chi connectivity index (χ0) is 12.1. The van der Waals surface area contributed by atoms with Gasteiger partial charge in [0.15, 0.2) is 5.75 Å². The lowest BCUT2D eigenvalue weighted by atomic mass is 10.3. The summed E-state index contributed by atoms with van der Waals surface area (Å²) in [6, 6.07) is 3.45. The molecule has 2 heterocycles. The fourth-order valence-corrected chi connectivity index (χ4v) is 1.47. The molecule has 0 saturated carbocycles. The summed E-state index contributed by atoms with van der Waals surface area (Å²) in [5, 5.41) is 13.2. The fraction of sp³-hybridized carbons (Fsp3) is 0.333. The van der Waals surface area contributed by atoms with Crippen molar-refractivity contribution in [1.82, 2.24) is 14.8 Å². The summed E-state index contributed by atoms with van der Waals surface area (Å²) in [6.45, 7) is 2.94. The van der Waals surface area contributed by atoms with Gasteiger partial charge in [0, 0.05) is 18.8 Å². The second-order valence-electron chi connectivity index (χ2n) is 3.70. The minimum absolute atomic E-state index is 0.0199. The highest BCUT2D eigenvalue weighted by molar-refractivity contribution is 5.25. The van der Waals surface area contributed by atoms with Crippen molar-refractivity contribution in [2.75, 3.05) is 0 Å². The first-order valence-corrected chi connectivity index (χ1v) is 5.58. The number of pyridine rings is 1. The van der Waals surface area contributed by atoms with Crippen LogP contribution in [0, 0.1) is 0 Å². The predicted molar refractivity (Wildman–Crippen MR) is 62.8 cm³/mol. The van der Waals surface area contributed by atoms with Gasteiger partial charge in [-0.3, -0.25) is 4.68 Å². The molecule has 5 nitrogen and oxygen atoms in total. The number of aromatic nitrogens is 3. The molecule has 17 heavy (non-hydrogen) atoms. The smallest absolute Gasteiger partial charge is 0.219 e. The van der Waals surface area contributed by atoms with E-state index in [2.05, 4.69) is 17.0 Å². The Morgan fingerprint density at radius 3 is 3.12 bits per heavy atom. The Balaban J connectivity index is 2.08.